The molecule has 2 N–H and O–H groups in total. The third-order valence-corrected chi connectivity index (χ3v) is 6.72. The maximum atomic E-state index is 12.9. The fourth-order valence-electron chi connectivity index (χ4n) is 3.65. The topological polar surface area (TPSA) is 96.4 Å². The number of amides is 3. The summed E-state index contributed by atoms with van der Waals surface area (Å²) in [6.45, 7) is 3.11. The van der Waals surface area contributed by atoms with Crippen molar-refractivity contribution in [1.82, 2.24) is 15.1 Å². The Labute approximate surface area is 200 Å². The van der Waals surface area contributed by atoms with Gasteiger partial charge in [-0.2, -0.15) is 0 Å². The van der Waals surface area contributed by atoms with Crippen LogP contribution >= 0.6 is 22.9 Å². The first kappa shape index (κ1) is 23.0. The molecule has 3 aromatic rings. The maximum absolute atomic E-state index is 12.9. The molecule has 0 saturated carbocycles. The largest absolute Gasteiger partial charge is 0.495 e. The first-order chi connectivity index (χ1) is 15.9. The number of nitrogens with one attached hydrogen (secondary N) is 2. The van der Waals surface area contributed by atoms with E-state index < -0.39 is 0 Å². The van der Waals surface area contributed by atoms with Crippen LogP contribution in [0.15, 0.2) is 42.5 Å². The van der Waals surface area contributed by atoms with Crippen LogP contribution in [0, 0.1) is 6.92 Å². The molecule has 1 saturated heterocycles. The lowest BCUT2D eigenvalue weighted by Crippen LogP contribution is -2.41. The van der Waals surface area contributed by atoms with Crippen molar-refractivity contribution >= 4 is 46.3 Å². The van der Waals surface area contributed by atoms with Gasteiger partial charge in [0, 0.05) is 29.7 Å². The number of aromatic nitrogens is 2. The first-order valence-electron chi connectivity index (χ1n) is 10.5. The second kappa shape index (κ2) is 10.2. The third-order valence-electron chi connectivity index (χ3n) is 5.41. The molecule has 172 valence electrons. The number of carbonyl (C=O) groups is 2. The number of aryl methyl sites for hydroxylation is 1. The molecule has 1 aromatic heterocycles. The van der Waals surface area contributed by atoms with E-state index in [1.54, 1.807) is 23.1 Å². The molecule has 0 spiro atoms. The number of hydrogen-bond acceptors (Lipinski definition) is 6. The van der Waals surface area contributed by atoms with Gasteiger partial charge in [-0.3, -0.25) is 4.79 Å². The van der Waals surface area contributed by atoms with E-state index in [0.717, 1.165) is 23.4 Å². The molecule has 3 amide bonds. The summed E-state index contributed by atoms with van der Waals surface area (Å²) in [5.41, 5.74) is 2.34. The minimum atomic E-state index is -0.291. The number of benzene rings is 2. The minimum Gasteiger partial charge on any atom is -0.495 e. The molecule has 1 aliphatic rings. The van der Waals surface area contributed by atoms with Crippen LogP contribution in [0.1, 0.15) is 39.1 Å². The highest BCUT2D eigenvalue weighted by atomic mass is 35.5. The second-order valence-corrected chi connectivity index (χ2v) is 9.27. The van der Waals surface area contributed by atoms with Crippen molar-refractivity contribution < 1.29 is 14.3 Å². The number of likely N-dealkylation sites (tertiary alicyclic amines) is 1. The van der Waals surface area contributed by atoms with Crippen LogP contribution < -0.4 is 15.4 Å². The van der Waals surface area contributed by atoms with Crippen molar-refractivity contribution in [1.29, 1.82) is 0 Å². The standard InChI is InChI=1S/C23H24ClN5O3S/c1-14-5-8-17(9-6-14)25-20(30)22-28-27-21(33-22)15-4-3-11-29(13-15)23(31)26-18-12-16(24)7-10-19(18)32-2/h5-10,12,15H,3-4,11,13H2,1-2H3,(H,25,30)(H,26,31). The fourth-order valence-corrected chi connectivity index (χ4v) is 4.68. The highest BCUT2D eigenvalue weighted by Gasteiger charge is 2.28. The molecule has 8 nitrogen and oxygen atoms in total. The van der Waals surface area contributed by atoms with E-state index >= 15 is 0 Å². The SMILES string of the molecule is COc1ccc(Cl)cc1NC(=O)N1CCCC(c2nnc(C(=O)Nc3ccc(C)cc3)s2)C1. The van der Waals surface area contributed by atoms with Crippen LogP contribution in [0.2, 0.25) is 5.02 Å². The Bertz CT molecular complexity index is 1150. The molecule has 0 aliphatic carbocycles. The number of piperidine rings is 1. The number of anilines is 2. The zero-order valence-corrected chi connectivity index (χ0v) is 19.9. The van der Waals surface area contributed by atoms with Crippen LogP contribution in [0.5, 0.6) is 5.75 Å². The van der Waals surface area contributed by atoms with Crippen LogP contribution in [0.3, 0.4) is 0 Å². The number of methoxy groups -OCH3 is 1. The van der Waals surface area contributed by atoms with Gasteiger partial charge in [0.15, 0.2) is 0 Å². The summed E-state index contributed by atoms with van der Waals surface area (Å²) in [6.07, 6.45) is 1.70. The molecule has 33 heavy (non-hydrogen) atoms. The smallest absolute Gasteiger partial charge is 0.321 e. The number of ether oxygens (including phenoxy) is 1. The highest BCUT2D eigenvalue weighted by Crippen LogP contribution is 2.31. The van der Waals surface area contributed by atoms with Gasteiger partial charge in [0.1, 0.15) is 10.8 Å². The maximum Gasteiger partial charge on any atom is 0.321 e. The van der Waals surface area contributed by atoms with Crippen molar-refractivity contribution in [3.8, 4) is 5.75 Å². The molecule has 0 bridgehead atoms. The van der Waals surface area contributed by atoms with Crippen LogP contribution in [-0.4, -0.2) is 47.2 Å². The van der Waals surface area contributed by atoms with Gasteiger partial charge in [-0.15, -0.1) is 10.2 Å². The highest BCUT2D eigenvalue weighted by molar-refractivity contribution is 7.13. The Morgan fingerprint density at radius 2 is 1.94 bits per heavy atom. The van der Waals surface area contributed by atoms with Crippen molar-refractivity contribution in [2.75, 3.05) is 30.8 Å². The van der Waals surface area contributed by atoms with Crippen molar-refractivity contribution in [2.24, 2.45) is 0 Å². The third kappa shape index (κ3) is 5.61. The molecule has 1 atom stereocenters. The Morgan fingerprint density at radius 3 is 2.70 bits per heavy atom. The lowest BCUT2D eigenvalue weighted by atomic mass is 9.99. The van der Waals surface area contributed by atoms with Crippen LogP contribution in [-0.2, 0) is 0 Å². The van der Waals surface area contributed by atoms with Crippen LogP contribution in [0.25, 0.3) is 0 Å². The zero-order valence-electron chi connectivity index (χ0n) is 18.3. The molecular formula is C23H24ClN5O3S. The number of rotatable bonds is 5. The number of nitrogens with zero attached hydrogens (tertiary/aromatic N) is 3. The minimum absolute atomic E-state index is 0.0178. The summed E-state index contributed by atoms with van der Waals surface area (Å²) >= 11 is 7.33. The van der Waals surface area contributed by atoms with E-state index in [9.17, 15) is 9.59 Å². The summed E-state index contributed by atoms with van der Waals surface area (Å²) in [7, 11) is 1.54. The van der Waals surface area contributed by atoms with Gasteiger partial charge >= 0.3 is 6.03 Å². The van der Waals surface area contributed by atoms with Gasteiger partial charge in [0.05, 0.1) is 12.8 Å². The molecule has 0 radical (unpaired) electrons. The summed E-state index contributed by atoms with van der Waals surface area (Å²) in [4.78, 5) is 27.2. The number of halogens is 1. The summed E-state index contributed by atoms with van der Waals surface area (Å²) in [5.74, 6) is 0.264. The molecule has 1 aliphatic heterocycles. The molecule has 2 aromatic carbocycles. The quantitative estimate of drug-likeness (QED) is 0.519. The number of urea groups is 1. The molecule has 10 heteroatoms. The Hall–Kier alpha value is -3.17. The van der Waals surface area contributed by atoms with E-state index in [-0.39, 0.29) is 17.9 Å². The van der Waals surface area contributed by atoms with E-state index in [2.05, 4.69) is 20.8 Å². The average Bonchev–Trinajstić information content (AvgIpc) is 3.31. The Morgan fingerprint density at radius 1 is 1.15 bits per heavy atom. The fraction of sp³-hybridized carbons (Fsp3) is 0.304. The lowest BCUT2D eigenvalue weighted by molar-refractivity contribution is 0.102. The summed E-state index contributed by atoms with van der Waals surface area (Å²) in [5, 5.41) is 15.6. The van der Waals surface area contributed by atoms with Crippen molar-refractivity contribution in [3.63, 3.8) is 0 Å². The van der Waals surface area contributed by atoms with Crippen molar-refractivity contribution in [3.05, 3.63) is 63.1 Å². The normalized spacial score (nSPS) is 15.7. The lowest BCUT2D eigenvalue weighted by Gasteiger charge is -2.31. The molecule has 1 unspecified atom stereocenters. The zero-order chi connectivity index (χ0) is 23.4. The predicted octanol–water partition coefficient (Wildman–Crippen LogP) is 5.17. The van der Waals surface area contributed by atoms with Gasteiger partial charge in [0.25, 0.3) is 5.91 Å². The van der Waals surface area contributed by atoms with Gasteiger partial charge in [-0.05, 0) is 50.1 Å². The number of hydrogen-bond donors (Lipinski definition) is 2. The Balaban J connectivity index is 1.40. The van der Waals surface area contributed by atoms with Gasteiger partial charge in [-0.1, -0.05) is 40.6 Å². The van der Waals surface area contributed by atoms with E-state index in [4.69, 9.17) is 16.3 Å². The van der Waals surface area contributed by atoms with E-state index in [1.807, 2.05) is 31.2 Å². The molecule has 4 rings (SSSR count). The summed E-state index contributed by atoms with van der Waals surface area (Å²) in [6, 6.07) is 12.4. The molecular weight excluding hydrogens is 462 g/mol. The number of carbonyl (C=O) groups excluding carboxylic acids is 2. The van der Waals surface area contributed by atoms with Gasteiger partial charge < -0.3 is 20.3 Å². The van der Waals surface area contributed by atoms with E-state index in [0.29, 0.717) is 40.2 Å². The van der Waals surface area contributed by atoms with E-state index in [1.165, 1.54) is 18.4 Å². The molecule has 1 fully saturated rings. The average molecular weight is 486 g/mol. The summed E-state index contributed by atoms with van der Waals surface area (Å²) < 4.78 is 5.31. The Kier molecular flexibility index (Phi) is 7.10. The second-order valence-electron chi connectivity index (χ2n) is 7.83. The van der Waals surface area contributed by atoms with Gasteiger partial charge in [0.2, 0.25) is 5.01 Å². The first-order valence-corrected chi connectivity index (χ1v) is 11.7. The van der Waals surface area contributed by atoms with Gasteiger partial charge in [-0.25, -0.2) is 4.79 Å². The van der Waals surface area contributed by atoms with Crippen LogP contribution in [0.4, 0.5) is 16.2 Å². The molecule has 2 heterocycles. The predicted molar refractivity (Wildman–Crippen MR) is 130 cm³/mol. The monoisotopic (exact) mass is 485 g/mol. The van der Waals surface area contributed by atoms with Crippen molar-refractivity contribution in [2.45, 2.75) is 25.7 Å².